The van der Waals surface area contributed by atoms with E-state index in [0.29, 0.717) is 23.2 Å². The van der Waals surface area contributed by atoms with Crippen LogP contribution < -0.4 is 10.6 Å². The van der Waals surface area contributed by atoms with E-state index in [0.717, 1.165) is 6.42 Å². The lowest BCUT2D eigenvalue weighted by Crippen LogP contribution is -2.50. The zero-order chi connectivity index (χ0) is 14.6. The lowest BCUT2D eigenvalue weighted by atomic mass is 10.0. The molecule has 5 nitrogen and oxygen atoms in total. The zero-order valence-corrected chi connectivity index (χ0v) is 12.8. The van der Waals surface area contributed by atoms with Crippen LogP contribution in [0.5, 0.6) is 0 Å². The molecule has 0 saturated carbocycles. The molecule has 6 heteroatoms. The molecule has 2 amide bonds. The molecule has 0 radical (unpaired) electrons. The molecule has 1 aliphatic heterocycles. The first-order chi connectivity index (χ1) is 9.50. The van der Waals surface area contributed by atoms with Gasteiger partial charge in [-0.2, -0.15) is 0 Å². The van der Waals surface area contributed by atoms with Crippen molar-refractivity contribution >= 4 is 27.7 Å². The van der Waals surface area contributed by atoms with Crippen LogP contribution in [0.3, 0.4) is 0 Å². The molecule has 1 aromatic rings. The average molecular weight is 341 g/mol. The van der Waals surface area contributed by atoms with Crippen molar-refractivity contribution in [3.63, 3.8) is 0 Å². The fourth-order valence-electron chi connectivity index (χ4n) is 2.05. The van der Waals surface area contributed by atoms with E-state index in [1.54, 1.807) is 18.2 Å². The molecule has 0 aromatic heterocycles. The second kappa shape index (κ2) is 6.37. The smallest absolute Gasteiger partial charge is 0.252 e. The maximum atomic E-state index is 11.9. The fraction of sp³-hybridized carbons (Fsp3) is 0.429. The third-order valence-electron chi connectivity index (χ3n) is 3.19. The summed E-state index contributed by atoms with van der Waals surface area (Å²) in [4.78, 5) is 23.8. The molecule has 1 aliphatic rings. The summed E-state index contributed by atoms with van der Waals surface area (Å²) in [5.74, 6) is -0.487. The molecule has 1 saturated heterocycles. The van der Waals surface area contributed by atoms with Gasteiger partial charge in [0.1, 0.15) is 0 Å². The highest BCUT2D eigenvalue weighted by atomic mass is 79.9. The number of ether oxygens (including phenoxy) is 1. The van der Waals surface area contributed by atoms with Crippen LogP contribution in [0, 0.1) is 0 Å². The van der Waals surface area contributed by atoms with Gasteiger partial charge in [0, 0.05) is 11.1 Å². The molecule has 0 spiro atoms. The largest absolute Gasteiger partial charge is 0.379 e. The quantitative estimate of drug-likeness (QED) is 0.872. The van der Waals surface area contributed by atoms with Crippen LogP contribution in [0.15, 0.2) is 28.7 Å². The van der Waals surface area contributed by atoms with Crippen molar-refractivity contribution in [1.29, 1.82) is 0 Å². The third kappa shape index (κ3) is 3.80. The summed E-state index contributed by atoms with van der Waals surface area (Å²) in [6.45, 7) is 3.06. The van der Waals surface area contributed by atoms with Gasteiger partial charge in [-0.15, -0.1) is 0 Å². The molecule has 1 heterocycles. The van der Waals surface area contributed by atoms with Gasteiger partial charge in [0.2, 0.25) is 5.91 Å². The van der Waals surface area contributed by atoms with Crippen molar-refractivity contribution in [2.24, 2.45) is 0 Å². The Morgan fingerprint density at radius 1 is 1.40 bits per heavy atom. The van der Waals surface area contributed by atoms with Crippen LogP contribution in [-0.4, -0.2) is 37.1 Å². The van der Waals surface area contributed by atoms with Crippen molar-refractivity contribution in [1.82, 2.24) is 10.6 Å². The van der Waals surface area contributed by atoms with Crippen molar-refractivity contribution in [3.05, 3.63) is 34.3 Å². The van der Waals surface area contributed by atoms with Crippen molar-refractivity contribution in [2.75, 3.05) is 19.8 Å². The Bertz CT molecular complexity index is 513. The first kappa shape index (κ1) is 15.0. The summed E-state index contributed by atoms with van der Waals surface area (Å²) in [6, 6.07) is 7.08. The molecule has 20 heavy (non-hydrogen) atoms. The third-order valence-corrected chi connectivity index (χ3v) is 3.88. The first-order valence-electron chi connectivity index (χ1n) is 6.42. The second-order valence-corrected chi connectivity index (χ2v) is 5.93. The minimum atomic E-state index is -0.324. The van der Waals surface area contributed by atoms with Crippen molar-refractivity contribution in [2.45, 2.75) is 18.9 Å². The Kier molecular flexibility index (Phi) is 4.77. The number of carbonyl (C=O) groups excluding carboxylic acids is 2. The van der Waals surface area contributed by atoms with Gasteiger partial charge in [-0.1, -0.05) is 12.1 Å². The molecule has 0 bridgehead atoms. The Hall–Kier alpha value is -1.40. The van der Waals surface area contributed by atoms with E-state index in [9.17, 15) is 9.59 Å². The summed E-state index contributed by atoms with van der Waals surface area (Å²) in [5, 5.41) is 5.50. The van der Waals surface area contributed by atoms with Gasteiger partial charge < -0.3 is 15.4 Å². The number of hydrogen-bond acceptors (Lipinski definition) is 3. The summed E-state index contributed by atoms with van der Waals surface area (Å²) in [5.41, 5.74) is 0.186. The van der Waals surface area contributed by atoms with Crippen LogP contribution in [-0.2, 0) is 9.53 Å². The van der Waals surface area contributed by atoms with Crippen LogP contribution in [0.25, 0.3) is 0 Å². The normalized spacial score (nSPS) is 21.5. The summed E-state index contributed by atoms with van der Waals surface area (Å²) in [7, 11) is 0. The molecule has 108 valence electrons. The van der Waals surface area contributed by atoms with Gasteiger partial charge in [-0.05, 0) is 41.4 Å². The number of carbonyl (C=O) groups is 2. The zero-order valence-electron chi connectivity index (χ0n) is 11.2. The van der Waals surface area contributed by atoms with Gasteiger partial charge in [-0.3, -0.25) is 9.59 Å². The molecule has 2 N–H and O–H groups in total. The lowest BCUT2D eigenvalue weighted by molar-refractivity contribution is -0.121. The number of amides is 2. The molecule has 0 unspecified atom stereocenters. The van der Waals surface area contributed by atoms with Gasteiger partial charge in [0.15, 0.2) is 0 Å². The number of nitrogens with one attached hydrogen (secondary N) is 2. The standard InChI is InChI=1S/C14H17BrN2O3/c1-14(6-7-20-9-14)17-12(18)8-16-13(19)10-4-2-3-5-11(10)15/h2-5H,6-9H2,1H3,(H,16,19)(H,17,18)/t14-/m0/s1. The lowest BCUT2D eigenvalue weighted by Gasteiger charge is -2.23. The fourth-order valence-corrected chi connectivity index (χ4v) is 2.51. The molecule has 0 aliphatic carbocycles. The van der Waals surface area contributed by atoms with E-state index in [1.807, 2.05) is 13.0 Å². The van der Waals surface area contributed by atoms with Gasteiger partial charge in [0.25, 0.3) is 5.91 Å². The first-order valence-corrected chi connectivity index (χ1v) is 7.21. The Morgan fingerprint density at radius 2 is 2.15 bits per heavy atom. The Balaban J connectivity index is 1.84. The van der Waals surface area contributed by atoms with E-state index in [2.05, 4.69) is 26.6 Å². The van der Waals surface area contributed by atoms with Gasteiger partial charge in [-0.25, -0.2) is 0 Å². The van der Waals surface area contributed by atoms with E-state index in [-0.39, 0.29) is 23.9 Å². The van der Waals surface area contributed by atoms with E-state index < -0.39 is 0 Å². The number of hydrogen-bond donors (Lipinski definition) is 2. The monoisotopic (exact) mass is 340 g/mol. The molecule has 2 rings (SSSR count). The minimum Gasteiger partial charge on any atom is -0.379 e. The second-order valence-electron chi connectivity index (χ2n) is 5.07. The van der Waals surface area contributed by atoms with E-state index in [1.165, 1.54) is 0 Å². The highest BCUT2D eigenvalue weighted by Crippen LogP contribution is 2.17. The molecule has 1 fully saturated rings. The minimum absolute atomic E-state index is 0.0459. The number of halogens is 1. The number of rotatable bonds is 4. The molecular formula is C14H17BrN2O3. The van der Waals surface area contributed by atoms with Crippen molar-refractivity contribution in [3.8, 4) is 0 Å². The Morgan fingerprint density at radius 3 is 2.80 bits per heavy atom. The summed E-state index contributed by atoms with van der Waals surface area (Å²) in [6.07, 6.45) is 0.789. The molecular weight excluding hydrogens is 324 g/mol. The summed E-state index contributed by atoms with van der Waals surface area (Å²) < 4.78 is 5.97. The SMILES string of the molecule is C[C@]1(NC(=O)CNC(=O)c2ccccc2Br)CCOC1. The molecule has 1 aromatic carbocycles. The maximum Gasteiger partial charge on any atom is 0.252 e. The Labute approximate surface area is 126 Å². The van der Waals surface area contributed by atoms with E-state index in [4.69, 9.17) is 4.74 Å². The number of benzene rings is 1. The van der Waals surface area contributed by atoms with Crippen LogP contribution in [0.1, 0.15) is 23.7 Å². The van der Waals surface area contributed by atoms with Gasteiger partial charge in [0.05, 0.1) is 24.3 Å². The topological polar surface area (TPSA) is 67.4 Å². The predicted molar refractivity (Wildman–Crippen MR) is 78.5 cm³/mol. The average Bonchev–Trinajstić information content (AvgIpc) is 2.83. The van der Waals surface area contributed by atoms with Crippen LogP contribution in [0.4, 0.5) is 0 Å². The predicted octanol–water partition coefficient (Wildman–Crippen LogP) is 1.47. The molecule has 1 atom stereocenters. The van der Waals surface area contributed by atoms with E-state index >= 15 is 0 Å². The van der Waals surface area contributed by atoms with Crippen LogP contribution >= 0.6 is 15.9 Å². The summed E-state index contributed by atoms with van der Waals surface area (Å²) >= 11 is 3.31. The van der Waals surface area contributed by atoms with Crippen LogP contribution in [0.2, 0.25) is 0 Å². The maximum absolute atomic E-state index is 11.9. The highest BCUT2D eigenvalue weighted by molar-refractivity contribution is 9.10. The van der Waals surface area contributed by atoms with Crippen molar-refractivity contribution < 1.29 is 14.3 Å². The highest BCUT2D eigenvalue weighted by Gasteiger charge is 2.31. The van der Waals surface area contributed by atoms with Gasteiger partial charge >= 0.3 is 0 Å².